The summed E-state index contributed by atoms with van der Waals surface area (Å²) in [5.74, 6) is 2.40. The Balaban J connectivity index is 1.53. The predicted octanol–water partition coefficient (Wildman–Crippen LogP) is 3.95. The molecule has 4 aliphatic carbocycles. The fourth-order valence-corrected chi connectivity index (χ4v) is 5.65. The highest BCUT2D eigenvalue weighted by atomic mass is 19.1. The fraction of sp³-hybridized carbons (Fsp3) is 0.667. The van der Waals surface area contributed by atoms with Gasteiger partial charge in [-0.15, -0.1) is 0 Å². The normalized spacial score (nSPS) is 40.0. The minimum absolute atomic E-state index is 0.170. The number of aliphatic hydroxyl groups excluding tert-OH is 1. The zero-order valence-electron chi connectivity index (χ0n) is 11.9. The van der Waals surface area contributed by atoms with Gasteiger partial charge < -0.3 is 5.11 Å². The van der Waals surface area contributed by atoms with Gasteiger partial charge in [-0.3, -0.25) is 0 Å². The molecule has 1 unspecified atom stereocenters. The predicted molar refractivity (Wildman–Crippen MR) is 76.7 cm³/mol. The Labute approximate surface area is 120 Å². The second-order valence-corrected chi connectivity index (χ2v) is 7.63. The zero-order valence-corrected chi connectivity index (χ0v) is 11.9. The SMILES string of the molecule is OC(Cc1ccc(F)cc1)C12CC3CC(CC(C3)C1)C2. The minimum Gasteiger partial charge on any atom is -0.392 e. The summed E-state index contributed by atoms with van der Waals surface area (Å²) < 4.78 is 13.0. The van der Waals surface area contributed by atoms with Gasteiger partial charge in [0, 0.05) is 0 Å². The van der Waals surface area contributed by atoms with Crippen molar-refractivity contribution in [3.8, 4) is 0 Å². The molecule has 1 aromatic rings. The van der Waals surface area contributed by atoms with Crippen molar-refractivity contribution in [2.45, 2.75) is 51.0 Å². The van der Waals surface area contributed by atoms with Crippen molar-refractivity contribution >= 4 is 0 Å². The van der Waals surface area contributed by atoms with Gasteiger partial charge in [-0.05, 0) is 85.8 Å². The van der Waals surface area contributed by atoms with Crippen LogP contribution in [-0.2, 0) is 6.42 Å². The van der Waals surface area contributed by atoms with E-state index < -0.39 is 0 Å². The van der Waals surface area contributed by atoms with Crippen LogP contribution in [0.2, 0.25) is 0 Å². The molecule has 0 saturated heterocycles. The number of hydrogen-bond acceptors (Lipinski definition) is 1. The smallest absolute Gasteiger partial charge is 0.123 e. The van der Waals surface area contributed by atoms with Crippen molar-refractivity contribution in [1.82, 2.24) is 0 Å². The molecule has 5 rings (SSSR count). The van der Waals surface area contributed by atoms with Gasteiger partial charge in [-0.25, -0.2) is 4.39 Å². The maximum Gasteiger partial charge on any atom is 0.123 e. The number of rotatable bonds is 3. The number of aliphatic hydroxyl groups is 1. The molecule has 108 valence electrons. The van der Waals surface area contributed by atoms with E-state index >= 15 is 0 Å². The summed E-state index contributed by atoms with van der Waals surface area (Å²) >= 11 is 0. The summed E-state index contributed by atoms with van der Waals surface area (Å²) in [6, 6.07) is 6.64. The first-order chi connectivity index (χ1) is 9.63. The Morgan fingerprint density at radius 1 is 1.00 bits per heavy atom. The van der Waals surface area contributed by atoms with Crippen molar-refractivity contribution < 1.29 is 9.50 Å². The first-order valence-electron chi connectivity index (χ1n) is 8.05. The number of halogens is 1. The molecule has 0 aromatic heterocycles. The highest BCUT2D eigenvalue weighted by molar-refractivity contribution is 5.18. The first-order valence-corrected chi connectivity index (χ1v) is 8.05. The van der Waals surface area contributed by atoms with Crippen LogP contribution in [0.15, 0.2) is 24.3 Å². The lowest BCUT2D eigenvalue weighted by atomic mass is 9.48. The van der Waals surface area contributed by atoms with Crippen LogP contribution in [0.3, 0.4) is 0 Å². The van der Waals surface area contributed by atoms with Gasteiger partial charge in [0.15, 0.2) is 0 Å². The maximum atomic E-state index is 13.0. The zero-order chi connectivity index (χ0) is 13.7. The van der Waals surface area contributed by atoms with Crippen LogP contribution in [0.4, 0.5) is 4.39 Å². The molecule has 2 heteroatoms. The summed E-state index contributed by atoms with van der Waals surface area (Å²) in [7, 11) is 0. The quantitative estimate of drug-likeness (QED) is 0.885. The molecule has 0 amide bonds. The molecule has 0 spiro atoms. The molecule has 4 aliphatic rings. The van der Waals surface area contributed by atoms with Crippen molar-refractivity contribution in [3.05, 3.63) is 35.6 Å². The monoisotopic (exact) mass is 274 g/mol. The fourth-order valence-electron chi connectivity index (χ4n) is 5.65. The van der Waals surface area contributed by atoms with Gasteiger partial charge in [0.05, 0.1) is 6.10 Å². The molecular weight excluding hydrogens is 251 g/mol. The molecule has 4 bridgehead atoms. The van der Waals surface area contributed by atoms with Crippen LogP contribution in [0.1, 0.15) is 44.1 Å². The molecule has 1 atom stereocenters. The van der Waals surface area contributed by atoms with Crippen LogP contribution >= 0.6 is 0 Å². The summed E-state index contributed by atoms with van der Waals surface area (Å²) in [5.41, 5.74) is 1.23. The van der Waals surface area contributed by atoms with E-state index in [4.69, 9.17) is 0 Å². The van der Waals surface area contributed by atoms with Crippen LogP contribution < -0.4 is 0 Å². The van der Waals surface area contributed by atoms with E-state index in [1.54, 1.807) is 0 Å². The van der Waals surface area contributed by atoms with Crippen LogP contribution in [0, 0.1) is 29.0 Å². The maximum absolute atomic E-state index is 13.0. The van der Waals surface area contributed by atoms with E-state index in [2.05, 4.69) is 0 Å². The highest BCUT2D eigenvalue weighted by Gasteiger charge is 2.53. The van der Waals surface area contributed by atoms with Crippen molar-refractivity contribution in [2.75, 3.05) is 0 Å². The van der Waals surface area contributed by atoms with Crippen molar-refractivity contribution in [1.29, 1.82) is 0 Å². The third kappa shape index (κ3) is 2.09. The highest BCUT2D eigenvalue weighted by Crippen LogP contribution is 2.61. The molecule has 4 saturated carbocycles. The van der Waals surface area contributed by atoms with E-state index in [1.807, 2.05) is 12.1 Å². The van der Waals surface area contributed by atoms with Crippen LogP contribution in [-0.4, -0.2) is 11.2 Å². The average Bonchev–Trinajstić information content (AvgIpc) is 2.40. The lowest BCUT2D eigenvalue weighted by Crippen LogP contribution is -2.52. The molecule has 1 nitrogen and oxygen atoms in total. The minimum atomic E-state index is -0.249. The largest absolute Gasteiger partial charge is 0.392 e. The lowest BCUT2D eigenvalue weighted by Gasteiger charge is -2.58. The van der Waals surface area contributed by atoms with Gasteiger partial charge in [0.25, 0.3) is 0 Å². The Bertz CT molecular complexity index is 457. The summed E-state index contributed by atoms with van der Waals surface area (Å²) in [5, 5.41) is 10.8. The molecule has 0 heterocycles. The van der Waals surface area contributed by atoms with Gasteiger partial charge in [0.1, 0.15) is 5.82 Å². The Kier molecular flexibility index (Phi) is 2.92. The Morgan fingerprint density at radius 3 is 2.00 bits per heavy atom. The third-order valence-electron chi connectivity index (χ3n) is 6.13. The third-order valence-corrected chi connectivity index (χ3v) is 6.13. The topological polar surface area (TPSA) is 20.2 Å². The van der Waals surface area contributed by atoms with Gasteiger partial charge in [-0.2, -0.15) is 0 Å². The number of hydrogen-bond donors (Lipinski definition) is 1. The van der Waals surface area contributed by atoms with Crippen molar-refractivity contribution in [2.24, 2.45) is 23.2 Å². The van der Waals surface area contributed by atoms with E-state index in [1.165, 1.54) is 50.7 Å². The lowest BCUT2D eigenvalue weighted by molar-refractivity contribution is -0.119. The second-order valence-electron chi connectivity index (χ2n) is 7.63. The standard InChI is InChI=1S/C18H23FO/c19-16-3-1-12(2-4-16)8-17(20)18-9-13-5-14(10-18)7-15(6-13)11-18/h1-4,13-15,17,20H,5-11H2. The van der Waals surface area contributed by atoms with Gasteiger partial charge in [0.2, 0.25) is 0 Å². The molecule has 0 aliphatic heterocycles. The number of benzene rings is 1. The Hall–Kier alpha value is -0.890. The summed E-state index contributed by atoms with van der Waals surface area (Å²) in [6.07, 6.45) is 8.32. The van der Waals surface area contributed by atoms with E-state index in [0.717, 1.165) is 23.3 Å². The van der Waals surface area contributed by atoms with Gasteiger partial charge >= 0.3 is 0 Å². The van der Waals surface area contributed by atoms with E-state index in [9.17, 15) is 9.50 Å². The average molecular weight is 274 g/mol. The van der Waals surface area contributed by atoms with E-state index in [-0.39, 0.29) is 17.3 Å². The molecule has 1 aromatic carbocycles. The summed E-state index contributed by atoms with van der Waals surface area (Å²) in [4.78, 5) is 0. The van der Waals surface area contributed by atoms with E-state index in [0.29, 0.717) is 6.42 Å². The molecule has 1 N–H and O–H groups in total. The Morgan fingerprint density at radius 2 is 1.50 bits per heavy atom. The van der Waals surface area contributed by atoms with Gasteiger partial charge in [-0.1, -0.05) is 12.1 Å². The molecule has 0 radical (unpaired) electrons. The summed E-state index contributed by atoms with van der Waals surface area (Å²) in [6.45, 7) is 0. The van der Waals surface area contributed by atoms with Crippen LogP contribution in [0.5, 0.6) is 0 Å². The molecular formula is C18H23FO. The molecule has 4 fully saturated rings. The first kappa shape index (κ1) is 12.8. The van der Waals surface area contributed by atoms with Crippen molar-refractivity contribution in [3.63, 3.8) is 0 Å². The molecule has 20 heavy (non-hydrogen) atoms. The van der Waals surface area contributed by atoms with Crippen LogP contribution in [0.25, 0.3) is 0 Å². The second kappa shape index (κ2) is 4.56.